The molecule has 1 atom stereocenters. The summed E-state index contributed by atoms with van der Waals surface area (Å²) < 4.78 is 13.1. The molecule has 2 aliphatic rings. The Morgan fingerprint density at radius 3 is 2.14 bits per heavy atom. The second-order valence-electron chi connectivity index (χ2n) is 7.10. The summed E-state index contributed by atoms with van der Waals surface area (Å²) in [4.78, 5) is 31.3. The Bertz CT molecular complexity index is 864. The van der Waals surface area contributed by atoms with Gasteiger partial charge in [0.1, 0.15) is 11.7 Å². The van der Waals surface area contributed by atoms with Gasteiger partial charge in [-0.3, -0.25) is 9.59 Å². The second-order valence-corrected chi connectivity index (χ2v) is 7.53. The Balaban J connectivity index is 1.37. The van der Waals surface area contributed by atoms with E-state index in [4.69, 9.17) is 11.6 Å². The summed E-state index contributed by atoms with van der Waals surface area (Å²) in [5.41, 5.74) is 1.71. The van der Waals surface area contributed by atoms with Crippen molar-refractivity contribution in [2.24, 2.45) is 5.92 Å². The first-order valence-electron chi connectivity index (χ1n) is 9.39. The molecule has 2 aromatic rings. The minimum Gasteiger partial charge on any atom is -0.368 e. The summed E-state index contributed by atoms with van der Waals surface area (Å²) in [5, 5.41) is 0.613. The average molecular weight is 402 g/mol. The lowest BCUT2D eigenvalue weighted by atomic mass is 10.1. The normalized spacial score (nSPS) is 20.0. The number of anilines is 2. The van der Waals surface area contributed by atoms with Gasteiger partial charge in [-0.2, -0.15) is 0 Å². The number of halogens is 2. The molecule has 0 radical (unpaired) electrons. The molecule has 5 nitrogen and oxygen atoms in total. The van der Waals surface area contributed by atoms with E-state index >= 15 is 0 Å². The van der Waals surface area contributed by atoms with Gasteiger partial charge in [-0.1, -0.05) is 11.6 Å². The van der Waals surface area contributed by atoms with Crippen LogP contribution in [0.2, 0.25) is 5.02 Å². The molecule has 2 amide bonds. The molecule has 7 heteroatoms. The second kappa shape index (κ2) is 7.80. The van der Waals surface area contributed by atoms with E-state index in [1.807, 2.05) is 0 Å². The standard InChI is InChI=1S/C21H21ClFN3O2/c22-15-1-5-18(6-2-15)26-10-9-19(21(26)28)20(27)25-13-11-24(12-14-25)17-7-3-16(23)4-8-17/h1-8,19H,9-14H2. The molecule has 0 aromatic heterocycles. The number of nitrogens with zero attached hydrogens (tertiary/aromatic N) is 3. The van der Waals surface area contributed by atoms with E-state index in [1.54, 1.807) is 46.2 Å². The smallest absolute Gasteiger partial charge is 0.239 e. The van der Waals surface area contributed by atoms with E-state index in [-0.39, 0.29) is 17.6 Å². The highest BCUT2D eigenvalue weighted by Gasteiger charge is 2.40. The molecule has 4 rings (SSSR count). The average Bonchev–Trinajstić information content (AvgIpc) is 3.10. The van der Waals surface area contributed by atoms with Crippen molar-refractivity contribution in [1.82, 2.24) is 4.90 Å². The van der Waals surface area contributed by atoms with E-state index in [0.717, 1.165) is 11.4 Å². The van der Waals surface area contributed by atoms with Crippen LogP contribution in [0.3, 0.4) is 0 Å². The van der Waals surface area contributed by atoms with Gasteiger partial charge in [0.25, 0.3) is 0 Å². The quantitative estimate of drug-likeness (QED) is 0.742. The molecule has 146 valence electrons. The van der Waals surface area contributed by atoms with Crippen molar-refractivity contribution in [3.63, 3.8) is 0 Å². The molecule has 0 N–H and O–H groups in total. The summed E-state index contributed by atoms with van der Waals surface area (Å²) in [6.45, 7) is 2.98. The van der Waals surface area contributed by atoms with E-state index < -0.39 is 5.92 Å². The Hall–Kier alpha value is -2.60. The third kappa shape index (κ3) is 3.69. The third-order valence-corrected chi connectivity index (χ3v) is 5.68. The van der Waals surface area contributed by atoms with Crippen LogP contribution in [0, 0.1) is 11.7 Å². The molecule has 28 heavy (non-hydrogen) atoms. The van der Waals surface area contributed by atoms with Crippen molar-refractivity contribution < 1.29 is 14.0 Å². The Kier molecular flexibility index (Phi) is 5.22. The fourth-order valence-corrected chi connectivity index (χ4v) is 3.97. The molecule has 2 saturated heterocycles. The molecule has 0 saturated carbocycles. The maximum absolute atomic E-state index is 13.1. The number of amides is 2. The number of carbonyl (C=O) groups is 2. The zero-order valence-corrected chi connectivity index (χ0v) is 16.1. The van der Waals surface area contributed by atoms with Gasteiger partial charge in [0.2, 0.25) is 11.8 Å². The number of hydrogen-bond acceptors (Lipinski definition) is 3. The summed E-state index contributed by atoms with van der Waals surface area (Å²) in [5.74, 6) is -1.12. The van der Waals surface area contributed by atoms with Crippen molar-refractivity contribution in [1.29, 1.82) is 0 Å². The lowest BCUT2D eigenvalue weighted by Crippen LogP contribution is -2.51. The minimum atomic E-state index is -0.618. The molecule has 0 bridgehead atoms. The van der Waals surface area contributed by atoms with E-state index in [9.17, 15) is 14.0 Å². The molecular weight excluding hydrogens is 381 g/mol. The highest BCUT2D eigenvalue weighted by atomic mass is 35.5. The van der Waals surface area contributed by atoms with Crippen molar-refractivity contribution >= 4 is 34.8 Å². The molecule has 2 heterocycles. The van der Waals surface area contributed by atoms with Crippen molar-refractivity contribution in [3.8, 4) is 0 Å². The Morgan fingerprint density at radius 1 is 0.893 bits per heavy atom. The highest BCUT2D eigenvalue weighted by Crippen LogP contribution is 2.28. The van der Waals surface area contributed by atoms with Gasteiger partial charge in [-0.05, 0) is 55.0 Å². The molecular formula is C21H21ClFN3O2. The largest absolute Gasteiger partial charge is 0.368 e. The molecule has 0 aliphatic carbocycles. The third-order valence-electron chi connectivity index (χ3n) is 5.43. The van der Waals surface area contributed by atoms with Crippen LogP contribution in [0.25, 0.3) is 0 Å². The molecule has 2 aromatic carbocycles. The monoisotopic (exact) mass is 401 g/mol. The number of carbonyl (C=O) groups excluding carboxylic acids is 2. The van der Waals surface area contributed by atoms with Crippen LogP contribution >= 0.6 is 11.6 Å². The predicted molar refractivity (Wildman–Crippen MR) is 107 cm³/mol. The fraction of sp³-hybridized carbons (Fsp3) is 0.333. The van der Waals surface area contributed by atoms with Crippen molar-refractivity contribution in [3.05, 3.63) is 59.4 Å². The molecule has 2 aliphatic heterocycles. The maximum Gasteiger partial charge on any atom is 0.239 e. The number of rotatable bonds is 3. The van der Waals surface area contributed by atoms with Crippen LogP contribution in [-0.4, -0.2) is 49.4 Å². The maximum atomic E-state index is 13.1. The molecule has 0 spiro atoms. The molecule has 1 unspecified atom stereocenters. The lowest BCUT2D eigenvalue weighted by molar-refractivity contribution is -0.140. The lowest BCUT2D eigenvalue weighted by Gasteiger charge is -2.37. The zero-order chi connectivity index (χ0) is 19.7. The van der Waals surface area contributed by atoms with Gasteiger partial charge in [-0.15, -0.1) is 0 Å². The van der Waals surface area contributed by atoms with Gasteiger partial charge in [0, 0.05) is 49.1 Å². The van der Waals surface area contributed by atoms with Crippen LogP contribution in [0.4, 0.5) is 15.8 Å². The van der Waals surface area contributed by atoms with Gasteiger partial charge < -0.3 is 14.7 Å². The Morgan fingerprint density at radius 2 is 1.50 bits per heavy atom. The van der Waals surface area contributed by atoms with Gasteiger partial charge in [-0.25, -0.2) is 4.39 Å². The molecule has 2 fully saturated rings. The fourth-order valence-electron chi connectivity index (χ4n) is 3.84. The zero-order valence-electron chi connectivity index (χ0n) is 15.4. The first kappa shape index (κ1) is 18.7. The van der Waals surface area contributed by atoms with Crippen LogP contribution in [0.1, 0.15) is 6.42 Å². The topological polar surface area (TPSA) is 43.9 Å². The summed E-state index contributed by atoms with van der Waals surface area (Å²) in [6, 6.07) is 13.5. The number of benzene rings is 2. The van der Waals surface area contributed by atoms with E-state index in [0.29, 0.717) is 44.2 Å². The van der Waals surface area contributed by atoms with Gasteiger partial charge in [0.15, 0.2) is 0 Å². The van der Waals surface area contributed by atoms with Crippen LogP contribution in [0.15, 0.2) is 48.5 Å². The van der Waals surface area contributed by atoms with Crippen LogP contribution in [0.5, 0.6) is 0 Å². The van der Waals surface area contributed by atoms with Crippen molar-refractivity contribution in [2.75, 3.05) is 42.5 Å². The van der Waals surface area contributed by atoms with E-state index in [2.05, 4.69) is 4.90 Å². The summed E-state index contributed by atoms with van der Waals surface area (Å²) in [7, 11) is 0. The van der Waals surface area contributed by atoms with Gasteiger partial charge >= 0.3 is 0 Å². The highest BCUT2D eigenvalue weighted by molar-refractivity contribution is 6.30. The summed E-state index contributed by atoms with van der Waals surface area (Å²) >= 11 is 5.91. The van der Waals surface area contributed by atoms with Crippen molar-refractivity contribution in [2.45, 2.75) is 6.42 Å². The number of piperazine rings is 1. The SMILES string of the molecule is O=C(C1CCN(c2ccc(Cl)cc2)C1=O)N1CCN(c2ccc(F)cc2)CC1. The van der Waals surface area contributed by atoms with Crippen LogP contribution in [-0.2, 0) is 9.59 Å². The predicted octanol–water partition coefficient (Wildman–Crippen LogP) is 3.18. The number of hydrogen-bond donors (Lipinski definition) is 0. The van der Waals surface area contributed by atoms with E-state index in [1.165, 1.54) is 12.1 Å². The first-order valence-corrected chi connectivity index (χ1v) is 9.77. The Labute approximate surface area is 168 Å². The van der Waals surface area contributed by atoms with Crippen LogP contribution < -0.4 is 9.80 Å². The first-order chi connectivity index (χ1) is 13.5. The minimum absolute atomic E-state index is 0.0970. The summed E-state index contributed by atoms with van der Waals surface area (Å²) in [6.07, 6.45) is 0.526. The van der Waals surface area contributed by atoms with Gasteiger partial charge in [0.05, 0.1) is 0 Å².